The SMILES string of the molecule is CC(CNC(=O)C(C)C#N)CN1CCCC1. The van der Waals surface area contributed by atoms with E-state index in [2.05, 4.69) is 17.1 Å². The Morgan fingerprint density at radius 1 is 1.44 bits per heavy atom. The van der Waals surface area contributed by atoms with E-state index in [0.29, 0.717) is 12.5 Å². The minimum Gasteiger partial charge on any atom is -0.355 e. The van der Waals surface area contributed by atoms with Crippen molar-refractivity contribution in [3.63, 3.8) is 0 Å². The normalized spacial score (nSPS) is 20.1. The summed E-state index contributed by atoms with van der Waals surface area (Å²) in [6, 6.07) is 1.94. The Labute approximate surface area is 97.6 Å². The topological polar surface area (TPSA) is 56.1 Å². The van der Waals surface area contributed by atoms with E-state index in [1.807, 2.05) is 6.07 Å². The van der Waals surface area contributed by atoms with Gasteiger partial charge >= 0.3 is 0 Å². The Kier molecular flexibility index (Phi) is 5.27. The molecule has 16 heavy (non-hydrogen) atoms. The smallest absolute Gasteiger partial charge is 0.237 e. The molecule has 1 N–H and O–H groups in total. The second kappa shape index (κ2) is 6.49. The van der Waals surface area contributed by atoms with Gasteiger partial charge in [-0.2, -0.15) is 5.26 Å². The van der Waals surface area contributed by atoms with Gasteiger partial charge in [-0.15, -0.1) is 0 Å². The van der Waals surface area contributed by atoms with E-state index in [-0.39, 0.29) is 5.91 Å². The Morgan fingerprint density at radius 3 is 2.62 bits per heavy atom. The molecule has 0 aliphatic carbocycles. The summed E-state index contributed by atoms with van der Waals surface area (Å²) in [6.45, 7) is 7.85. The summed E-state index contributed by atoms with van der Waals surface area (Å²) in [5.74, 6) is -0.247. The van der Waals surface area contributed by atoms with E-state index in [1.165, 1.54) is 25.9 Å². The quantitative estimate of drug-likeness (QED) is 0.756. The van der Waals surface area contributed by atoms with Gasteiger partial charge in [0.2, 0.25) is 5.91 Å². The number of rotatable bonds is 5. The van der Waals surface area contributed by atoms with Crippen molar-refractivity contribution in [3.05, 3.63) is 0 Å². The molecule has 1 rings (SSSR count). The van der Waals surface area contributed by atoms with E-state index in [4.69, 9.17) is 5.26 Å². The molecule has 4 nitrogen and oxygen atoms in total. The number of nitriles is 1. The average molecular weight is 223 g/mol. The molecule has 0 bridgehead atoms. The molecule has 1 amide bonds. The molecule has 0 aromatic rings. The molecule has 90 valence electrons. The van der Waals surface area contributed by atoms with Gasteiger partial charge in [0.05, 0.1) is 6.07 Å². The fraction of sp³-hybridized carbons (Fsp3) is 0.833. The summed E-state index contributed by atoms with van der Waals surface area (Å²) in [6.07, 6.45) is 2.59. The van der Waals surface area contributed by atoms with Crippen LogP contribution < -0.4 is 5.32 Å². The zero-order chi connectivity index (χ0) is 12.0. The Balaban J connectivity index is 2.16. The van der Waals surface area contributed by atoms with Gasteiger partial charge in [-0.3, -0.25) is 4.79 Å². The van der Waals surface area contributed by atoms with Gasteiger partial charge in [0.25, 0.3) is 0 Å². The van der Waals surface area contributed by atoms with Gasteiger partial charge in [0.15, 0.2) is 0 Å². The molecule has 1 aliphatic heterocycles. The van der Waals surface area contributed by atoms with Gasteiger partial charge in [-0.05, 0) is 38.8 Å². The molecule has 1 saturated heterocycles. The van der Waals surface area contributed by atoms with Crippen LogP contribution in [0.3, 0.4) is 0 Å². The Morgan fingerprint density at radius 2 is 2.06 bits per heavy atom. The Hall–Kier alpha value is -1.08. The lowest BCUT2D eigenvalue weighted by Crippen LogP contribution is -2.36. The highest BCUT2D eigenvalue weighted by atomic mass is 16.1. The van der Waals surface area contributed by atoms with E-state index in [1.54, 1.807) is 6.92 Å². The number of likely N-dealkylation sites (tertiary alicyclic amines) is 1. The monoisotopic (exact) mass is 223 g/mol. The number of hydrogen-bond donors (Lipinski definition) is 1. The lowest BCUT2D eigenvalue weighted by molar-refractivity contribution is -0.123. The van der Waals surface area contributed by atoms with Crippen molar-refractivity contribution in [3.8, 4) is 6.07 Å². The molecule has 0 saturated carbocycles. The lowest BCUT2D eigenvalue weighted by atomic mass is 10.1. The first-order chi connectivity index (χ1) is 7.63. The summed E-state index contributed by atoms with van der Waals surface area (Å²) in [5.41, 5.74) is 0. The first-order valence-electron chi connectivity index (χ1n) is 6.03. The van der Waals surface area contributed by atoms with Crippen molar-refractivity contribution in [2.24, 2.45) is 11.8 Å². The van der Waals surface area contributed by atoms with Crippen LogP contribution in [-0.4, -0.2) is 37.0 Å². The highest BCUT2D eigenvalue weighted by Gasteiger charge is 2.16. The van der Waals surface area contributed by atoms with E-state index < -0.39 is 5.92 Å². The van der Waals surface area contributed by atoms with Crippen LogP contribution in [0.25, 0.3) is 0 Å². The lowest BCUT2D eigenvalue weighted by Gasteiger charge is -2.20. The summed E-state index contributed by atoms with van der Waals surface area (Å²) in [5, 5.41) is 11.4. The van der Waals surface area contributed by atoms with Crippen LogP contribution in [0.5, 0.6) is 0 Å². The molecule has 1 heterocycles. The zero-order valence-corrected chi connectivity index (χ0v) is 10.2. The molecule has 2 atom stereocenters. The molecular weight excluding hydrogens is 202 g/mol. The van der Waals surface area contributed by atoms with Crippen LogP contribution in [0.15, 0.2) is 0 Å². The maximum absolute atomic E-state index is 11.4. The Bertz CT molecular complexity index is 266. The van der Waals surface area contributed by atoms with Crippen molar-refractivity contribution in [1.82, 2.24) is 10.2 Å². The predicted molar refractivity (Wildman–Crippen MR) is 62.6 cm³/mol. The fourth-order valence-electron chi connectivity index (χ4n) is 1.96. The van der Waals surface area contributed by atoms with E-state index in [0.717, 1.165) is 6.54 Å². The largest absolute Gasteiger partial charge is 0.355 e. The van der Waals surface area contributed by atoms with Gasteiger partial charge < -0.3 is 10.2 Å². The van der Waals surface area contributed by atoms with Crippen LogP contribution >= 0.6 is 0 Å². The van der Waals surface area contributed by atoms with Crippen molar-refractivity contribution in [2.45, 2.75) is 26.7 Å². The molecule has 1 aliphatic rings. The van der Waals surface area contributed by atoms with Crippen LogP contribution in [0.2, 0.25) is 0 Å². The van der Waals surface area contributed by atoms with Gasteiger partial charge in [-0.1, -0.05) is 6.92 Å². The third kappa shape index (κ3) is 4.19. The third-order valence-corrected chi connectivity index (χ3v) is 2.98. The van der Waals surface area contributed by atoms with Gasteiger partial charge in [0.1, 0.15) is 5.92 Å². The van der Waals surface area contributed by atoms with Crippen LogP contribution in [0.1, 0.15) is 26.7 Å². The molecule has 0 radical (unpaired) electrons. The first-order valence-corrected chi connectivity index (χ1v) is 6.03. The van der Waals surface area contributed by atoms with Crippen molar-refractivity contribution in [2.75, 3.05) is 26.2 Å². The summed E-state index contributed by atoms with van der Waals surface area (Å²) in [7, 11) is 0. The van der Waals surface area contributed by atoms with E-state index >= 15 is 0 Å². The highest BCUT2D eigenvalue weighted by Crippen LogP contribution is 2.09. The van der Waals surface area contributed by atoms with Gasteiger partial charge in [0, 0.05) is 13.1 Å². The maximum atomic E-state index is 11.4. The number of amides is 1. The second-order valence-corrected chi connectivity index (χ2v) is 4.71. The van der Waals surface area contributed by atoms with Crippen LogP contribution in [0, 0.1) is 23.2 Å². The van der Waals surface area contributed by atoms with Crippen molar-refractivity contribution in [1.29, 1.82) is 5.26 Å². The third-order valence-electron chi connectivity index (χ3n) is 2.98. The molecule has 4 heteroatoms. The average Bonchev–Trinajstić information content (AvgIpc) is 2.77. The molecule has 2 unspecified atom stereocenters. The minimum atomic E-state index is -0.543. The molecule has 1 fully saturated rings. The van der Waals surface area contributed by atoms with Crippen molar-refractivity contribution >= 4 is 5.91 Å². The number of nitrogens with one attached hydrogen (secondary N) is 1. The zero-order valence-electron chi connectivity index (χ0n) is 10.2. The number of carbonyl (C=O) groups is 1. The first kappa shape index (κ1) is 13.0. The summed E-state index contributed by atoms with van der Waals surface area (Å²) < 4.78 is 0. The molecule has 0 aromatic carbocycles. The van der Waals surface area contributed by atoms with Crippen LogP contribution in [-0.2, 0) is 4.79 Å². The fourth-order valence-corrected chi connectivity index (χ4v) is 1.96. The summed E-state index contributed by atoms with van der Waals surface area (Å²) >= 11 is 0. The molecule has 0 aromatic heterocycles. The maximum Gasteiger partial charge on any atom is 0.237 e. The molecule has 0 spiro atoms. The number of hydrogen-bond acceptors (Lipinski definition) is 3. The van der Waals surface area contributed by atoms with Gasteiger partial charge in [-0.25, -0.2) is 0 Å². The molecular formula is C12H21N3O. The minimum absolute atomic E-state index is 0.157. The van der Waals surface area contributed by atoms with E-state index in [9.17, 15) is 4.79 Å². The highest BCUT2D eigenvalue weighted by molar-refractivity contribution is 5.80. The second-order valence-electron chi connectivity index (χ2n) is 4.71. The predicted octanol–water partition coefficient (Wildman–Crippen LogP) is 0.994. The number of nitrogens with zero attached hydrogens (tertiary/aromatic N) is 2. The van der Waals surface area contributed by atoms with Crippen molar-refractivity contribution < 1.29 is 4.79 Å². The summed E-state index contributed by atoms with van der Waals surface area (Å²) in [4.78, 5) is 13.8. The standard InChI is InChI=1S/C12H21N3O/c1-10(9-15-5-3-4-6-15)8-14-12(16)11(2)7-13/h10-11H,3-6,8-9H2,1-2H3,(H,14,16). The number of carbonyl (C=O) groups excluding carboxylic acids is 1. The van der Waals surface area contributed by atoms with Crippen LogP contribution in [0.4, 0.5) is 0 Å².